The summed E-state index contributed by atoms with van der Waals surface area (Å²) < 4.78 is 14.0. The van der Waals surface area contributed by atoms with Crippen molar-refractivity contribution in [2.45, 2.75) is 31.9 Å². The highest BCUT2D eigenvalue weighted by molar-refractivity contribution is 6.30. The molecule has 0 radical (unpaired) electrons. The van der Waals surface area contributed by atoms with E-state index in [2.05, 4.69) is 20.6 Å². The van der Waals surface area contributed by atoms with E-state index in [1.807, 2.05) is 54.7 Å². The second-order valence-electron chi connectivity index (χ2n) is 7.72. The number of halogens is 2. The molecule has 1 fully saturated rings. The van der Waals surface area contributed by atoms with Gasteiger partial charge in [-0.3, -0.25) is 0 Å². The summed E-state index contributed by atoms with van der Waals surface area (Å²) in [4.78, 5) is 7.03. The van der Waals surface area contributed by atoms with Crippen LogP contribution in [-0.4, -0.2) is 40.7 Å². The zero-order valence-electron chi connectivity index (χ0n) is 17.4. The highest BCUT2D eigenvalue weighted by atomic mass is 35.5. The van der Waals surface area contributed by atoms with Crippen LogP contribution in [-0.2, 0) is 6.61 Å². The Morgan fingerprint density at radius 2 is 1.48 bits per heavy atom. The number of ether oxygens (including phenoxy) is 2. The van der Waals surface area contributed by atoms with Crippen LogP contribution in [0.4, 0.5) is 0 Å². The zero-order chi connectivity index (χ0) is 21.5. The molecule has 1 aliphatic heterocycles. The summed E-state index contributed by atoms with van der Waals surface area (Å²) in [5.74, 6) is 2.64. The fourth-order valence-corrected chi connectivity index (χ4v) is 4.15. The lowest BCUT2D eigenvalue weighted by Gasteiger charge is -2.33. The summed E-state index contributed by atoms with van der Waals surface area (Å²) in [6.07, 6.45) is 7.17. The molecule has 0 aliphatic carbocycles. The number of likely N-dealkylation sites (tertiary alicyclic amines) is 1. The molecule has 1 aromatic heterocycles. The van der Waals surface area contributed by atoms with Crippen molar-refractivity contribution in [3.05, 3.63) is 76.8 Å². The molecule has 0 spiro atoms. The Labute approximate surface area is 193 Å². The van der Waals surface area contributed by atoms with Crippen LogP contribution in [0, 0.1) is 0 Å². The predicted molar refractivity (Wildman–Crippen MR) is 124 cm³/mol. The van der Waals surface area contributed by atoms with Crippen molar-refractivity contribution in [3.63, 3.8) is 0 Å². The number of hydrogen-bond acceptors (Lipinski definition) is 4. The first kappa shape index (κ1) is 22.0. The van der Waals surface area contributed by atoms with Crippen molar-refractivity contribution < 1.29 is 9.47 Å². The molecule has 0 saturated carbocycles. The van der Waals surface area contributed by atoms with E-state index in [9.17, 15) is 0 Å². The quantitative estimate of drug-likeness (QED) is 0.374. The highest BCUT2D eigenvalue weighted by Crippen LogP contribution is 2.25. The molecule has 0 N–H and O–H groups in total. The molecule has 3 aromatic rings. The van der Waals surface area contributed by atoms with Gasteiger partial charge in [0.05, 0.1) is 6.61 Å². The maximum atomic E-state index is 5.94. The largest absolute Gasteiger partial charge is 0.494 e. The number of nitrogens with zero attached hydrogens (tertiary/aromatic N) is 3. The Bertz CT molecular complexity index is 936. The molecular weight excluding hydrogens is 433 g/mol. The van der Waals surface area contributed by atoms with Gasteiger partial charge in [-0.25, -0.2) is 4.98 Å². The van der Waals surface area contributed by atoms with Gasteiger partial charge in [0.15, 0.2) is 0 Å². The average molecular weight is 460 g/mol. The number of piperidine rings is 1. The summed E-state index contributed by atoms with van der Waals surface area (Å²) in [5, 5.41) is 1.44. The average Bonchev–Trinajstić information content (AvgIpc) is 3.27. The van der Waals surface area contributed by atoms with Gasteiger partial charge in [0.25, 0.3) is 0 Å². The Hall–Kier alpha value is -2.21. The molecule has 7 heteroatoms. The fourth-order valence-electron chi connectivity index (χ4n) is 3.90. The minimum absolute atomic E-state index is 0.455. The highest BCUT2D eigenvalue weighted by Gasteiger charge is 2.22. The molecule has 5 nitrogen and oxygen atoms in total. The monoisotopic (exact) mass is 459 g/mol. The Kier molecular flexibility index (Phi) is 7.73. The molecule has 1 aliphatic rings. The third kappa shape index (κ3) is 6.39. The number of aromatic nitrogens is 2. The molecule has 1 saturated heterocycles. The van der Waals surface area contributed by atoms with E-state index in [1.54, 1.807) is 0 Å². The van der Waals surface area contributed by atoms with Crippen LogP contribution in [0.25, 0.3) is 0 Å². The first-order valence-corrected chi connectivity index (χ1v) is 11.4. The number of benzene rings is 2. The van der Waals surface area contributed by atoms with E-state index in [1.165, 1.54) is 0 Å². The molecule has 31 heavy (non-hydrogen) atoms. The lowest BCUT2D eigenvalue weighted by molar-refractivity contribution is 0.168. The summed E-state index contributed by atoms with van der Waals surface area (Å²) in [5.41, 5.74) is 0. The molecular formula is C24H27Cl2N3O2. The van der Waals surface area contributed by atoms with E-state index >= 15 is 0 Å². The summed E-state index contributed by atoms with van der Waals surface area (Å²) in [6.45, 7) is 4.39. The van der Waals surface area contributed by atoms with E-state index in [4.69, 9.17) is 32.7 Å². The fraction of sp³-hybridized carbons (Fsp3) is 0.375. The number of imidazole rings is 1. The van der Waals surface area contributed by atoms with E-state index < -0.39 is 0 Å². The predicted octanol–water partition coefficient (Wildman–Crippen LogP) is 5.87. The zero-order valence-corrected chi connectivity index (χ0v) is 18.9. The van der Waals surface area contributed by atoms with Gasteiger partial charge in [-0.2, -0.15) is 0 Å². The van der Waals surface area contributed by atoms with Gasteiger partial charge < -0.3 is 18.9 Å². The van der Waals surface area contributed by atoms with Crippen LogP contribution in [0.1, 0.15) is 31.1 Å². The van der Waals surface area contributed by atoms with Crippen molar-refractivity contribution in [2.75, 3.05) is 26.2 Å². The maximum absolute atomic E-state index is 5.94. The first-order valence-electron chi connectivity index (χ1n) is 10.7. The standard InChI is InChI=1S/C24H27Cl2N3O2/c25-19-2-6-22(7-3-19)30-17-1-13-28-14-10-21(11-15-28)29-16-12-27-24(29)18-31-23-8-4-20(26)5-9-23/h2-9,12,16,21H,1,10-11,13-15,17-18H2. The van der Waals surface area contributed by atoms with E-state index in [-0.39, 0.29) is 0 Å². The van der Waals surface area contributed by atoms with Crippen LogP contribution in [0.2, 0.25) is 10.0 Å². The first-order chi connectivity index (χ1) is 15.2. The van der Waals surface area contributed by atoms with Gasteiger partial charge in [0.2, 0.25) is 0 Å². The van der Waals surface area contributed by atoms with E-state index in [0.717, 1.165) is 67.8 Å². The van der Waals surface area contributed by atoms with Crippen LogP contribution < -0.4 is 9.47 Å². The summed E-state index contributed by atoms with van der Waals surface area (Å²) in [6, 6.07) is 15.4. The van der Waals surface area contributed by atoms with Gasteiger partial charge in [-0.05, 0) is 67.8 Å². The topological polar surface area (TPSA) is 39.5 Å². The molecule has 0 unspecified atom stereocenters. The second-order valence-corrected chi connectivity index (χ2v) is 8.59. The normalized spacial score (nSPS) is 15.2. The molecule has 2 heterocycles. The van der Waals surface area contributed by atoms with Gasteiger partial charge in [0.1, 0.15) is 23.9 Å². The molecule has 164 valence electrons. The van der Waals surface area contributed by atoms with Crippen LogP contribution >= 0.6 is 23.2 Å². The molecule has 0 bridgehead atoms. The van der Waals surface area contributed by atoms with Crippen molar-refractivity contribution in [2.24, 2.45) is 0 Å². The smallest absolute Gasteiger partial charge is 0.147 e. The Morgan fingerprint density at radius 3 is 2.13 bits per heavy atom. The SMILES string of the molecule is Clc1ccc(OCCCN2CCC(n3ccnc3COc3ccc(Cl)cc3)CC2)cc1. The lowest BCUT2D eigenvalue weighted by Crippen LogP contribution is -2.36. The second kappa shape index (κ2) is 10.9. The van der Waals surface area contributed by atoms with Gasteiger partial charge in [-0.15, -0.1) is 0 Å². The minimum Gasteiger partial charge on any atom is -0.494 e. The third-order valence-corrected chi connectivity index (χ3v) is 6.09. The van der Waals surface area contributed by atoms with Gasteiger partial charge in [-0.1, -0.05) is 23.2 Å². The molecule has 0 atom stereocenters. The van der Waals surface area contributed by atoms with Gasteiger partial charge in [0, 0.05) is 48.1 Å². The minimum atomic E-state index is 0.455. The third-order valence-electron chi connectivity index (χ3n) is 5.58. The Balaban J connectivity index is 1.19. The van der Waals surface area contributed by atoms with Crippen LogP contribution in [0.3, 0.4) is 0 Å². The number of rotatable bonds is 9. The summed E-state index contributed by atoms with van der Waals surface area (Å²) in [7, 11) is 0. The molecule has 0 amide bonds. The molecule has 2 aromatic carbocycles. The number of hydrogen-bond donors (Lipinski definition) is 0. The van der Waals surface area contributed by atoms with Crippen molar-refractivity contribution in [1.29, 1.82) is 0 Å². The maximum Gasteiger partial charge on any atom is 0.147 e. The van der Waals surface area contributed by atoms with Crippen LogP contribution in [0.5, 0.6) is 11.5 Å². The Morgan fingerprint density at radius 1 is 0.871 bits per heavy atom. The van der Waals surface area contributed by atoms with Gasteiger partial charge >= 0.3 is 0 Å². The lowest BCUT2D eigenvalue weighted by atomic mass is 10.0. The van der Waals surface area contributed by atoms with Crippen molar-refractivity contribution in [3.8, 4) is 11.5 Å². The summed E-state index contributed by atoms with van der Waals surface area (Å²) >= 11 is 11.8. The van der Waals surface area contributed by atoms with Crippen LogP contribution in [0.15, 0.2) is 60.9 Å². The molecule has 4 rings (SSSR count). The van der Waals surface area contributed by atoms with Crippen molar-refractivity contribution >= 4 is 23.2 Å². The van der Waals surface area contributed by atoms with E-state index in [0.29, 0.717) is 17.7 Å². The van der Waals surface area contributed by atoms with Crippen molar-refractivity contribution in [1.82, 2.24) is 14.5 Å².